The van der Waals surface area contributed by atoms with E-state index < -0.39 is 5.25 Å². The summed E-state index contributed by atoms with van der Waals surface area (Å²) >= 11 is 1.25. The molecule has 2 amide bonds. The molecule has 1 aromatic heterocycles. The summed E-state index contributed by atoms with van der Waals surface area (Å²) in [6, 6.07) is 20.5. The number of aromatic nitrogens is 1. The largest absolute Gasteiger partial charge is 0.360 e. The molecule has 8 heteroatoms. The molecular formula is C24H22N4O3S. The number of nitrogens with zero attached hydrogens (tertiary/aromatic N) is 3. The van der Waals surface area contributed by atoms with E-state index in [2.05, 4.69) is 15.5 Å². The van der Waals surface area contributed by atoms with Crippen LogP contribution in [0.4, 0.5) is 11.5 Å². The number of rotatable bonds is 6. The molecule has 3 aromatic rings. The van der Waals surface area contributed by atoms with E-state index in [1.165, 1.54) is 11.8 Å². The molecule has 0 spiro atoms. The van der Waals surface area contributed by atoms with E-state index in [-0.39, 0.29) is 11.8 Å². The van der Waals surface area contributed by atoms with Crippen LogP contribution in [-0.4, -0.2) is 27.4 Å². The number of carbonyl (C=O) groups excluding carboxylic acids is 2. The van der Waals surface area contributed by atoms with Crippen LogP contribution in [0.5, 0.6) is 0 Å². The predicted octanol–water partition coefficient (Wildman–Crippen LogP) is 4.88. The zero-order valence-corrected chi connectivity index (χ0v) is 18.5. The third kappa shape index (κ3) is 4.81. The lowest BCUT2D eigenvalue weighted by molar-refractivity contribution is -0.116. The number of carbonyl (C=O) groups is 2. The Morgan fingerprint density at radius 1 is 1.16 bits per heavy atom. The van der Waals surface area contributed by atoms with E-state index in [1.807, 2.05) is 67.6 Å². The van der Waals surface area contributed by atoms with Gasteiger partial charge < -0.3 is 9.84 Å². The van der Waals surface area contributed by atoms with Gasteiger partial charge in [0.05, 0.1) is 10.9 Å². The summed E-state index contributed by atoms with van der Waals surface area (Å²) in [4.78, 5) is 32.3. The standard InChI is InChI=1S/C24H22N4O3S/c1-3-20(22(29)26-21-14-16(2)31-27-21)32-24-25-19(15-17-10-6-4-7-11-17)23(30)28(24)18-12-8-5-9-13-18/h4-15,20H,3H2,1-2H3,(H,26,27,29)/b19-15+/t20-/m0/s1. The van der Waals surface area contributed by atoms with Gasteiger partial charge in [-0.05, 0) is 37.1 Å². The summed E-state index contributed by atoms with van der Waals surface area (Å²) in [5, 5.41) is 6.57. The van der Waals surface area contributed by atoms with Gasteiger partial charge in [0.1, 0.15) is 11.5 Å². The third-order valence-electron chi connectivity index (χ3n) is 4.74. The maximum absolute atomic E-state index is 13.3. The Kier molecular flexibility index (Phi) is 6.51. The molecule has 2 aromatic carbocycles. The van der Waals surface area contributed by atoms with E-state index in [1.54, 1.807) is 24.0 Å². The molecule has 0 saturated heterocycles. The molecule has 7 nitrogen and oxygen atoms in total. The quantitative estimate of drug-likeness (QED) is 0.546. The Hall–Kier alpha value is -3.65. The van der Waals surface area contributed by atoms with E-state index in [0.29, 0.717) is 34.6 Å². The molecule has 0 saturated carbocycles. The summed E-state index contributed by atoms with van der Waals surface area (Å²) in [6.07, 6.45) is 2.30. The second kappa shape index (κ2) is 9.65. The number of thioether (sulfide) groups is 1. The minimum atomic E-state index is -0.471. The lowest BCUT2D eigenvalue weighted by Gasteiger charge is -2.20. The molecule has 0 unspecified atom stereocenters. The maximum atomic E-state index is 13.3. The molecule has 4 rings (SSSR count). The number of nitrogens with one attached hydrogen (secondary N) is 1. The van der Waals surface area contributed by atoms with Crippen molar-refractivity contribution in [3.63, 3.8) is 0 Å². The average Bonchev–Trinajstić information content (AvgIpc) is 3.35. The number of aliphatic imine (C=N–C) groups is 1. The molecule has 1 N–H and O–H groups in total. The first-order valence-corrected chi connectivity index (χ1v) is 11.1. The molecule has 0 bridgehead atoms. The van der Waals surface area contributed by atoms with Gasteiger partial charge in [0.2, 0.25) is 5.91 Å². The fraction of sp³-hybridized carbons (Fsp3) is 0.167. The zero-order valence-electron chi connectivity index (χ0n) is 17.7. The topological polar surface area (TPSA) is 87.8 Å². The Morgan fingerprint density at radius 2 is 1.84 bits per heavy atom. The van der Waals surface area contributed by atoms with Gasteiger partial charge in [-0.25, -0.2) is 4.99 Å². The fourth-order valence-electron chi connectivity index (χ4n) is 3.17. The lowest BCUT2D eigenvalue weighted by Crippen LogP contribution is -2.34. The summed E-state index contributed by atoms with van der Waals surface area (Å²) in [6.45, 7) is 3.67. The van der Waals surface area contributed by atoms with Crippen LogP contribution in [0.25, 0.3) is 6.08 Å². The molecule has 1 aliphatic rings. The second-order valence-electron chi connectivity index (χ2n) is 7.14. The van der Waals surface area contributed by atoms with Gasteiger partial charge in [0.15, 0.2) is 11.0 Å². The monoisotopic (exact) mass is 446 g/mol. The van der Waals surface area contributed by atoms with Crippen LogP contribution in [0, 0.1) is 6.92 Å². The minimum Gasteiger partial charge on any atom is -0.360 e. The number of para-hydroxylation sites is 1. The maximum Gasteiger partial charge on any atom is 0.283 e. The molecular weight excluding hydrogens is 424 g/mol. The van der Waals surface area contributed by atoms with Crippen LogP contribution in [0.1, 0.15) is 24.7 Å². The minimum absolute atomic E-state index is 0.227. The van der Waals surface area contributed by atoms with Crippen molar-refractivity contribution in [3.05, 3.63) is 83.8 Å². The number of aryl methyl sites for hydroxylation is 1. The zero-order chi connectivity index (χ0) is 22.5. The van der Waals surface area contributed by atoms with Gasteiger partial charge in [-0.3, -0.25) is 14.5 Å². The fourth-order valence-corrected chi connectivity index (χ4v) is 4.20. The number of anilines is 2. The van der Waals surface area contributed by atoms with Crippen LogP contribution in [0.3, 0.4) is 0 Å². The van der Waals surface area contributed by atoms with E-state index in [9.17, 15) is 9.59 Å². The van der Waals surface area contributed by atoms with Crippen LogP contribution < -0.4 is 10.2 Å². The highest BCUT2D eigenvalue weighted by molar-refractivity contribution is 8.15. The Bertz CT molecular complexity index is 1170. The number of amidine groups is 1. The molecule has 2 heterocycles. The van der Waals surface area contributed by atoms with Crippen molar-refractivity contribution < 1.29 is 14.1 Å². The van der Waals surface area contributed by atoms with Crippen molar-refractivity contribution in [1.82, 2.24) is 5.16 Å². The third-order valence-corrected chi connectivity index (χ3v) is 6.05. The molecule has 32 heavy (non-hydrogen) atoms. The number of amides is 2. The van der Waals surface area contributed by atoms with E-state index >= 15 is 0 Å². The summed E-state index contributed by atoms with van der Waals surface area (Å²) in [5.74, 6) is 0.512. The summed E-state index contributed by atoms with van der Waals surface area (Å²) in [5.41, 5.74) is 1.90. The van der Waals surface area contributed by atoms with Crippen LogP contribution in [0.2, 0.25) is 0 Å². The van der Waals surface area contributed by atoms with Gasteiger partial charge in [-0.1, -0.05) is 72.4 Å². The van der Waals surface area contributed by atoms with Crippen molar-refractivity contribution in [2.24, 2.45) is 4.99 Å². The van der Waals surface area contributed by atoms with Crippen LogP contribution in [0.15, 0.2) is 81.9 Å². The molecule has 0 radical (unpaired) electrons. The summed E-state index contributed by atoms with van der Waals surface area (Å²) in [7, 11) is 0. The molecule has 162 valence electrons. The normalized spacial score (nSPS) is 15.7. The Labute approximate surface area is 190 Å². The van der Waals surface area contributed by atoms with Crippen LogP contribution >= 0.6 is 11.8 Å². The van der Waals surface area contributed by atoms with E-state index in [0.717, 1.165) is 5.56 Å². The van der Waals surface area contributed by atoms with Crippen molar-refractivity contribution in [1.29, 1.82) is 0 Å². The lowest BCUT2D eigenvalue weighted by atomic mass is 10.2. The van der Waals surface area contributed by atoms with Gasteiger partial charge >= 0.3 is 0 Å². The first kappa shape index (κ1) is 21.6. The molecule has 1 aliphatic heterocycles. The molecule has 0 fully saturated rings. The highest BCUT2D eigenvalue weighted by Crippen LogP contribution is 2.32. The van der Waals surface area contributed by atoms with E-state index in [4.69, 9.17) is 4.52 Å². The molecule has 1 atom stereocenters. The number of benzene rings is 2. The van der Waals surface area contributed by atoms with Gasteiger partial charge in [-0.15, -0.1) is 0 Å². The molecule has 0 aliphatic carbocycles. The van der Waals surface area contributed by atoms with Gasteiger partial charge in [-0.2, -0.15) is 0 Å². The van der Waals surface area contributed by atoms with Crippen molar-refractivity contribution in [2.75, 3.05) is 10.2 Å². The number of hydrogen-bond donors (Lipinski definition) is 1. The van der Waals surface area contributed by atoms with Crippen molar-refractivity contribution in [3.8, 4) is 0 Å². The predicted molar refractivity (Wildman–Crippen MR) is 127 cm³/mol. The number of hydrogen-bond acceptors (Lipinski definition) is 6. The Balaban J connectivity index is 1.62. The first-order valence-electron chi connectivity index (χ1n) is 10.2. The SMILES string of the molecule is CC[C@H](SC1=N/C(=C/c2ccccc2)C(=O)N1c1ccccc1)C(=O)Nc1cc(C)on1. The summed E-state index contributed by atoms with van der Waals surface area (Å²) < 4.78 is 5.02. The second-order valence-corrected chi connectivity index (χ2v) is 8.31. The van der Waals surface area contributed by atoms with Crippen molar-refractivity contribution in [2.45, 2.75) is 25.5 Å². The Morgan fingerprint density at radius 3 is 2.47 bits per heavy atom. The van der Waals surface area contributed by atoms with Crippen molar-refractivity contribution >= 4 is 46.3 Å². The van der Waals surface area contributed by atoms with Gasteiger partial charge in [0.25, 0.3) is 5.91 Å². The highest BCUT2D eigenvalue weighted by Gasteiger charge is 2.34. The first-order chi connectivity index (χ1) is 15.5. The smallest absolute Gasteiger partial charge is 0.283 e. The average molecular weight is 447 g/mol. The highest BCUT2D eigenvalue weighted by atomic mass is 32.2. The van der Waals surface area contributed by atoms with Gasteiger partial charge in [0, 0.05) is 6.07 Å². The van der Waals surface area contributed by atoms with Crippen LogP contribution in [-0.2, 0) is 9.59 Å².